The Labute approximate surface area is 203 Å². The molecule has 0 unspecified atom stereocenters. The van der Waals surface area contributed by atoms with Gasteiger partial charge < -0.3 is 15.0 Å². The topological polar surface area (TPSA) is 57.7 Å². The highest BCUT2D eigenvalue weighted by Gasteiger charge is 2.39. The molecule has 0 saturated carbocycles. The van der Waals surface area contributed by atoms with Crippen LogP contribution < -0.4 is 10.2 Å². The van der Waals surface area contributed by atoms with Gasteiger partial charge >= 0.3 is 0 Å². The monoisotopic (exact) mass is 480 g/mol. The second-order valence-electron chi connectivity index (χ2n) is 9.16. The summed E-state index contributed by atoms with van der Waals surface area (Å²) in [4.78, 5) is 22.4. The fourth-order valence-electron chi connectivity index (χ4n) is 4.59. The van der Waals surface area contributed by atoms with Gasteiger partial charge in [-0.1, -0.05) is 44.2 Å². The highest BCUT2D eigenvalue weighted by atomic mass is 35.5. The van der Waals surface area contributed by atoms with Gasteiger partial charge in [-0.05, 0) is 13.0 Å². The zero-order valence-electron chi connectivity index (χ0n) is 19.2. The van der Waals surface area contributed by atoms with Crippen LogP contribution in [0.25, 0.3) is 11.3 Å². The smallest absolute Gasteiger partial charge is 0.241 e. The summed E-state index contributed by atoms with van der Waals surface area (Å²) in [6.07, 6.45) is 1.95. The van der Waals surface area contributed by atoms with Crippen molar-refractivity contribution in [2.24, 2.45) is 0 Å². The summed E-state index contributed by atoms with van der Waals surface area (Å²) >= 11 is 0. The second kappa shape index (κ2) is 10.9. The minimum Gasteiger partial charge on any atom is -0.383 e. The van der Waals surface area contributed by atoms with Crippen LogP contribution in [0, 0.1) is 0 Å². The Morgan fingerprint density at radius 2 is 1.97 bits per heavy atom. The third-order valence-electron chi connectivity index (χ3n) is 6.25. The van der Waals surface area contributed by atoms with Gasteiger partial charge in [0.1, 0.15) is 0 Å². The largest absolute Gasteiger partial charge is 0.383 e. The fourth-order valence-corrected chi connectivity index (χ4v) is 4.59. The number of hydrogen-bond acceptors (Lipinski definition) is 5. The molecule has 2 atom stereocenters. The number of anilines is 1. The molecule has 4 rings (SSSR count). The number of ether oxygens (including phenoxy) is 1. The predicted molar refractivity (Wildman–Crippen MR) is 134 cm³/mol. The molecule has 1 N–H and O–H groups in total. The third kappa shape index (κ3) is 5.43. The van der Waals surface area contributed by atoms with E-state index in [2.05, 4.69) is 49.2 Å². The number of rotatable bonds is 5. The van der Waals surface area contributed by atoms with E-state index >= 15 is 0 Å². The molecule has 176 valence electrons. The molecule has 32 heavy (non-hydrogen) atoms. The molecule has 1 aromatic heterocycles. The number of fused-ring (bicyclic) bond motifs is 1. The zero-order chi connectivity index (χ0) is 21.3. The van der Waals surface area contributed by atoms with Gasteiger partial charge in [0.2, 0.25) is 5.91 Å². The van der Waals surface area contributed by atoms with Gasteiger partial charge in [-0.3, -0.25) is 14.7 Å². The van der Waals surface area contributed by atoms with Crippen molar-refractivity contribution in [1.82, 2.24) is 15.2 Å². The van der Waals surface area contributed by atoms with Crippen molar-refractivity contribution in [2.75, 3.05) is 44.8 Å². The normalized spacial score (nSPS) is 21.9. The number of nitrogens with one attached hydrogen (secondary N) is 1. The first-order chi connectivity index (χ1) is 14.4. The number of hydrogen-bond donors (Lipinski definition) is 1. The number of carbonyl (C=O) groups excluding carboxylic acids is 1. The van der Waals surface area contributed by atoms with Gasteiger partial charge in [-0.15, -0.1) is 24.8 Å². The highest BCUT2D eigenvalue weighted by Crippen LogP contribution is 2.41. The molecule has 2 aliphatic rings. The summed E-state index contributed by atoms with van der Waals surface area (Å²) in [5, 5.41) is 3.49. The van der Waals surface area contributed by atoms with Crippen LogP contribution in [0.3, 0.4) is 0 Å². The number of carbonyl (C=O) groups is 1. The van der Waals surface area contributed by atoms with Gasteiger partial charge in [0.05, 0.1) is 24.5 Å². The molecule has 8 heteroatoms. The molecule has 2 aliphatic heterocycles. The summed E-state index contributed by atoms with van der Waals surface area (Å²) in [6, 6.07) is 12.8. The molecule has 1 saturated heterocycles. The lowest BCUT2D eigenvalue weighted by Gasteiger charge is -2.39. The summed E-state index contributed by atoms with van der Waals surface area (Å²) in [6.45, 7) is 9.91. The van der Waals surface area contributed by atoms with Crippen molar-refractivity contribution in [2.45, 2.75) is 38.3 Å². The van der Waals surface area contributed by atoms with E-state index in [4.69, 9.17) is 9.72 Å². The zero-order valence-corrected chi connectivity index (χ0v) is 20.8. The van der Waals surface area contributed by atoms with E-state index in [1.54, 1.807) is 7.11 Å². The Hall–Kier alpha value is -1.70. The van der Waals surface area contributed by atoms with Crippen molar-refractivity contribution in [3.63, 3.8) is 0 Å². The molecule has 0 spiro atoms. The molecule has 1 amide bonds. The maximum atomic E-state index is 13.5. The van der Waals surface area contributed by atoms with E-state index in [1.165, 1.54) is 0 Å². The standard InChI is InChI=1S/C24H32N4O2.2ClH/c1-17-13-27(19(11-25-17)15-30-4)14-23(29)28-16-24(2,3)20-12-26-21(10-22(20)28)18-8-6-5-7-9-18;;/h5-10,12,17,19,25H,11,13-16H2,1-4H3;2*1H/t17-,19-;;/m1../s1. The molecular formula is C24H34Cl2N4O2. The number of methoxy groups -OCH3 is 1. The average Bonchev–Trinajstić information content (AvgIpc) is 3.01. The van der Waals surface area contributed by atoms with Crippen LogP contribution in [0.5, 0.6) is 0 Å². The van der Waals surface area contributed by atoms with Gasteiger partial charge in [0.25, 0.3) is 0 Å². The molecule has 0 aliphatic carbocycles. The lowest BCUT2D eigenvalue weighted by Crippen LogP contribution is -2.59. The van der Waals surface area contributed by atoms with Crippen LogP contribution in [-0.2, 0) is 14.9 Å². The van der Waals surface area contributed by atoms with Crippen LogP contribution >= 0.6 is 24.8 Å². The predicted octanol–water partition coefficient (Wildman–Crippen LogP) is 3.53. The van der Waals surface area contributed by atoms with Crippen molar-refractivity contribution in [3.05, 3.63) is 48.2 Å². The first kappa shape index (κ1) is 26.6. The number of aromatic nitrogens is 1. The maximum absolute atomic E-state index is 13.5. The van der Waals surface area contributed by atoms with Gasteiger partial charge in [0, 0.05) is 61.6 Å². The Morgan fingerprint density at radius 1 is 1.25 bits per heavy atom. The van der Waals surface area contributed by atoms with Crippen molar-refractivity contribution in [1.29, 1.82) is 0 Å². The van der Waals surface area contributed by atoms with Crippen LogP contribution in [0.4, 0.5) is 5.69 Å². The number of pyridine rings is 1. The van der Waals surface area contributed by atoms with Crippen LogP contribution in [0.2, 0.25) is 0 Å². The Morgan fingerprint density at radius 3 is 2.66 bits per heavy atom. The Balaban J connectivity index is 0.00000181. The lowest BCUT2D eigenvalue weighted by atomic mass is 9.88. The number of nitrogens with zero attached hydrogens (tertiary/aromatic N) is 3. The van der Waals surface area contributed by atoms with Gasteiger partial charge in [-0.2, -0.15) is 0 Å². The fraction of sp³-hybridized carbons (Fsp3) is 0.500. The first-order valence-corrected chi connectivity index (χ1v) is 10.7. The Bertz CT molecular complexity index is 910. The van der Waals surface area contributed by atoms with Crippen molar-refractivity contribution >= 4 is 36.4 Å². The lowest BCUT2D eigenvalue weighted by molar-refractivity contribution is -0.121. The van der Waals surface area contributed by atoms with E-state index in [0.29, 0.717) is 25.7 Å². The van der Waals surface area contributed by atoms with E-state index in [-0.39, 0.29) is 42.2 Å². The number of amides is 1. The van der Waals surface area contributed by atoms with Gasteiger partial charge in [-0.25, -0.2) is 0 Å². The molecule has 0 radical (unpaired) electrons. The van der Waals surface area contributed by atoms with E-state index in [1.807, 2.05) is 29.3 Å². The van der Waals surface area contributed by atoms with Crippen LogP contribution in [0.1, 0.15) is 26.3 Å². The maximum Gasteiger partial charge on any atom is 0.241 e. The highest BCUT2D eigenvalue weighted by molar-refractivity contribution is 5.98. The third-order valence-corrected chi connectivity index (χ3v) is 6.25. The van der Waals surface area contributed by atoms with Crippen molar-refractivity contribution in [3.8, 4) is 11.3 Å². The summed E-state index contributed by atoms with van der Waals surface area (Å²) < 4.78 is 5.39. The second-order valence-corrected chi connectivity index (χ2v) is 9.16. The first-order valence-electron chi connectivity index (χ1n) is 10.7. The summed E-state index contributed by atoms with van der Waals surface area (Å²) in [5.74, 6) is 0.141. The molecular weight excluding hydrogens is 447 g/mol. The van der Waals surface area contributed by atoms with E-state index < -0.39 is 0 Å². The average molecular weight is 481 g/mol. The van der Waals surface area contributed by atoms with Crippen LogP contribution in [0.15, 0.2) is 42.6 Å². The number of piperazine rings is 1. The molecule has 3 heterocycles. The van der Waals surface area contributed by atoms with Crippen molar-refractivity contribution < 1.29 is 9.53 Å². The SMILES string of the molecule is COC[C@H]1CN[C@H](C)CN1CC(=O)N1CC(C)(C)c2cnc(-c3ccccc3)cc21.Cl.Cl. The molecule has 1 aromatic carbocycles. The minimum absolute atomic E-state index is 0. The number of benzene rings is 1. The van der Waals surface area contributed by atoms with Gasteiger partial charge in [0.15, 0.2) is 0 Å². The quantitative estimate of drug-likeness (QED) is 0.709. The molecule has 1 fully saturated rings. The van der Waals surface area contributed by atoms with E-state index in [9.17, 15) is 4.79 Å². The summed E-state index contributed by atoms with van der Waals surface area (Å²) in [7, 11) is 1.72. The minimum atomic E-state index is -0.115. The summed E-state index contributed by atoms with van der Waals surface area (Å²) in [5.41, 5.74) is 3.98. The van der Waals surface area contributed by atoms with Crippen LogP contribution in [-0.4, -0.2) is 67.8 Å². The van der Waals surface area contributed by atoms with E-state index in [0.717, 1.165) is 35.6 Å². The molecule has 0 bridgehead atoms. The Kier molecular flexibility index (Phi) is 9.08. The molecule has 2 aromatic rings. The molecule has 6 nitrogen and oxygen atoms in total. The number of halogens is 2.